The number of hydrogen-bond donors (Lipinski definition) is 0. The van der Waals surface area contributed by atoms with Crippen molar-refractivity contribution >= 4 is 39.3 Å². The number of benzene rings is 2. The molecule has 124 valence electrons. The standard InChI is InChI=1S/C15H16O4S4/c1-15(2,20-22(16,17)13-9-5-3-6-10-13)21-23(18,19)14-11-7-4-8-12-14/h3-12H,1-2H3. The minimum Gasteiger partial charge on any atom is -0.212 e. The average molecular weight is 389 g/mol. The largest absolute Gasteiger partial charge is 0.231 e. The van der Waals surface area contributed by atoms with Gasteiger partial charge < -0.3 is 0 Å². The molecule has 0 radical (unpaired) electrons. The molecule has 0 atom stereocenters. The van der Waals surface area contributed by atoms with Crippen molar-refractivity contribution in [2.45, 2.75) is 27.7 Å². The zero-order valence-electron chi connectivity index (χ0n) is 12.5. The minimum absolute atomic E-state index is 0.163. The van der Waals surface area contributed by atoms with Gasteiger partial charge in [0, 0.05) is 0 Å². The first kappa shape index (κ1) is 18.4. The van der Waals surface area contributed by atoms with Gasteiger partial charge in [-0.05, 0) is 59.7 Å². The molecule has 8 heteroatoms. The summed E-state index contributed by atoms with van der Waals surface area (Å²) in [5.74, 6) is 0. The Bertz CT molecular complexity index is 785. The molecule has 0 aromatic heterocycles. The van der Waals surface area contributed by atoms with E-state index in [1.54, 1.807) is 50.2 Å². The maximum absolute atomic E-state index is 12.4. The molecule has 2 rings (SSSR count). The van der Waals surface area contributed by atoms with Gasteiger partial charge in [-0.3, -0.25) is 0 Å². The van der Waals surface area contributed by atoms with Crippen LogP contribution in [0.1, 0.15) is 13.8 Å². The van der Waals surface area contributed by atoms with Crippen LogP contribution in [0.15, 0.2) is 70.5 Å². The molecule has 4 nitrogen and oxygen atoms in total. The van der Waals surface area contributed by atoms with E-state index >= 15 is 0 Å². The molecule has 0 aliphatic heterocycles. The molecule has 0 spiro atoms. The summed E-state index contributed by atoms with van der Waals surface area (Å²) in [6, 6.07) is 16.0. The lowest BCUT2D eigenvalue weighted by molar-refractivity contribution is 0.609. The Morgan fingerprint density at radius 2 is 0.957 bits per heavy atom. The molecule has 0 saturated carbocycles. The monoisotopic (exact) mass is 388 g/mol. The van der Waals surface area contributed by atoms with E-state index < -0.39 is 21.8 Å². The second kappa shape index (κ2) is 6.88. The maximum atomic E-state index is 12.4. The molecule has 0 aliphatic rings. The van der Waals surface area contributed by atoms with Gasteiger partial charge in [0.2, 0.25) is 17.7 Å². The molecule has 0 saturated heterocycles. The molecular weight excluding hydrogens is 372 g/mol. The van der Waals surface area contributed by atoms with E-state index in [0.717, 1.165) is 0 Å². The zero-order valence-corrected chi connectivity index (χ0v) is 15.8. The van der Waals surface area contributed by atoms with E-state index in [4.69, 9.17) is 0 Å². The third kappa shape index (κ3) is 5.00. The molecule has 0 aliphatic carbocycles. The number of rotatable bonds is 6. The van der Waals surface area contributed by atoms with E-state index in [9.17, 15) is 16.8 Å². The Morgan fingerprint density at radius 1 is 0.652 bits per heavy atom. The van der Waals surface area contributed by atoms with Crippen molar-refractivity contribution in [3.63, 3.8) is 0 Å². The molecule has 23 heavy (non-hydrogen) atoms. The average Bonchev–Trinajstić information content (AvgIpc) is 2.47. The fourth-order valence-electron chi connectivity index (χ4n) is 1.81. The van der Waals surface area contributed by atoms with Crippen LogP contribution in [-0.4, -0.2) is 20.9 Å². The van der Waals surface area contributed by atoms with Gasteiger partial charge in [-0.1, -0.05) is 36.4 Å². The third-order valence-corrected chi connectivity index (χ3v) is 11.7. The summed E-state index contributed by atoms with van der Waals surface area (Å²) < 4.78 is 48.6. The summed E-state index contributed by atoms with van der Waals surface area (Å²) in [6.07, 6.45) is 0. The van der Waals surface area contributed by atoms with Crippen LogP contribution in [0, 0.1) is 0 Å². The van der Waals surface area contributed by atoms with Gasteiger partial charge in [0.25, 0.3) is 0 Å². The van der Waals surface area contributed by atoms with Crippen molar-refractivity contribution in [3.05, 3.63) is 60.7 Å². The Kier molecular flexibility index (Phi) is 5.50. The van der Waals surface area contributed by atoms with Gasteiger partial charge in [0.15, 0.2) is 0 Å². The van der Waals surface area contributed by atoms with E-state index in [1.807, 2.05) is 0 Å². The van der Waals surface area contributed by atoms with Crippen LogP contribution in [0.2, 0.25) is 0 Å². The van der Waals surface area contributed by atoms with Gasteiger partial charge in [-0.2, -0.15) is 0 Å². The van der Waals surface area contributed by atoms with Gasteiger partial charge in [-0.15, -0.1) is 0 Å². The highest BCUT2D eigenvalue weighted by Gasteiger charge is 2.35. The molecule has 2 aromatic rings. The van der Waals surface area contributed by atoms with Crippen LogP contribution in [0.4, 0.5) is 0 Å². The van der Waals surface area contributed by atoms with Gasteiger partial charge in [-0.25, -0.2) is 16.8 Å². The molecule has 0 unspecified atom stereocenters. The molecule has 0 fully saturated rings. The lowest BCUT2D eigenvalue weighted by atomic mass is 10.4. The summed E-state index contributed by atoms with van der Waals surface area (Å²) in [5, 5.41) is 0. The number of hydrogen-bond acceptors (Lipinski definition) is 6. The first-order valence-electron chi connectivity index (χ1n) is 6.64. The molecule has 2 aromatic carbocycles. The van der Waals surface area contributed by atoms with Crippen molar-refractivity contribution in [2.75, 3.05) is 0 Å². The van der Waals surface area contributed by atoms with Crippen molar-refractivity contribution in [2.24, 2.45) is 0 Å². The van der Waals surface area contributed by atoms with Crippen molar-refractivity contribution < 1.29 is 16.8 Å². The third-order valence-electron chi connectivity index (χ3n) is 2.68. The Hall–Kier alpha value is -0.960. The fourth-order valence-corrected chi connectivity index (χ4v) is 11.2. The lowest BCUT2D eigenvalue weighted by Gasteiger charge is -2.22. The summed E-state index contributed by atoms with van der Waals surface area (Å²) in [7, 11) is -6.01. The predicted octanol–water partition coefficient (Wildman–Crippen LogP) is 3.97. The predicted molar refractivity (Wildman–Crippen MR) is 96.5 cm³/mol. The first-order valence-corrected chi connectivity index (χ1v) is 12.3. The molecule has 0 heterocycles. The van der Waals surface area contributed by atoms with Crippen LogP contribution >= 0.6 is 21.6 Å². The highest BCUT2D eigenvalue weighted by Crippen LogP contribution is 2.46. The van der Waals surface area contributed by atoms with Crippen LogP contribution in [-0.2, 0) is 17.7 Å². The fraction of sp³-hybridized carbons (Fsp3) is 0.200. The van der Waals surface area contributed by atoms with E-state index in [-0.39, 0.29) is 9.79 Å². The normalized spacial score (nSPS) is 13.0. The van der Waals surface area contributed by atoms with Gasteiger partial charge >= 0.3 is 0 Å². The summed E-state index contributed by atoms with van der Waals surface area (Å²) in [5.41, 5.74) is 0. The van der Waals surface area contributed by atoms with Crippen molar-refractivity contribution in [1.82, 2.24) is 0 Å². The molecular formula is C15H16O4S4. The summed E-state index contributed by atoms with van der Waals surface area (Å²) >= 11 is 0. The smallest absolute Gasteiger partial charge is 0.212 e. The minimum atomic E-state index is -3.64. The second-order valence-corrected chi connectivity index (χ2v) is 14.1. The van der Waals surface area contributed by atoms with Crippen molar-refractivity contribution in [1.29, 1.82) is 0 Å². The van der Waals surface area contributed by atoms with Gasteiger partial charge in [0.05, 0.1) is 13.9 Å². The second-order valence-electron chi connectivity index (χ2n) is 5.10. The van der Waals surface area contributed by atoms with Crippen LogP contribution < -0.4 is 0 Å². The summed E-state index contributed by atoms with van der Waals surface area (Å²) in [6.45, 7) is 3.17. The van der Waals surface area contributed by atoms with E-state index in [1.165, 1.54) is 24.3 Å². The highest BCUT2D eigenvalue weighted by atomic mass is 33.2. The van der Waals surface area contributed by atoms with Gasteiger partial charge in [0.1, 0.15) is 0 Å². The summed E-state index contributed by atoms with van der Waals surface area (Å²) in [4.78, 5) is 0.326. The first-order chi connectivity index (χ1) is 10.6. The SMILES string of the molecule is CC(C)(SS(=O)(=O)c1ccccc1)SS(=O)(=O)c1ccccc1. The Morgan fingerprint density at radius 3 is 1.26 bits per heavy atom. The van der Waals surface area contributed by atoms with E-state index in [2.05, 4.69) is 0 Å². The quantitative estimate of drug-likeness (QED) is 0.551. The van der Waals surface area contributed by atoms with Crippen molar-refractivity contribution in [3.8, 4) is 0 Å². The zero-order chi connectivity index (χ0) is 17.1. The van der Waals surface area contributed by atoms with E-state index in [0.29, 0.717) is 21.6 Å². The van der Waals surface area contributed by atoms with Crippen LogP contribution in [0.5, 0.6) is 0 Å². The molecule has 0 bridgehead atoms. The van der Waals surface area contributed by atoms with Crippen LogP contribution in [0.25, 0.3) is 0 Å². The molecule has 0 amide bonds. The Balaban J connectivity index is 2.23. The topological polar surface area (TPSA) is 68.3 Å². The Labute approximate surface area is 144 Å². The van der Waals surface area contributed by atoms with Crippen LogP contribution in [0.3, 0.4) is 0 Å². The lowest BCUT2D eigenvalue weighted by Crippen LogP contribution is -2.16. The molecule has 0 N–H and O–H groups in total. The highest BCUT2D eigenvalue weighted by molar-refractivity contribution is 8.81. The maximum Gasteiger partial charge on any atom is 0.231 e.